The summed E-state index contributed by atoms with van der Waals surface area (Å²) >= 11 is 0. The van der Waals surface area contributed by atoms with Crippen LogP contribution >= 0.6 is 0 Å². The Kier molecular flexibility index (Phi) is 3.12. The Labute approximate surface area is 99.3 Å². The van der Waals surface area contributed by atoms with Gasteiger partial charge in [-0.15, -0.1) is 0 Å². The van der Waals surface area contributed by atoms with E-state index in [2.05, 4.69) is 15.3 Å². The first-order valence-corrected chi connectivity index (χ1v) is 5.67. The predicted molar refractivity (Wildman–Crippen MR) is 63.9 cm³/mol. The average Bonchev–Trinajstić information content (AvgIpc) is 2.19. The molecule has 0 radical (unpaired) electrons. The number of nitrogens with one attached hydrogen (secondary N) is 1. The maximum absolute atomic E-state index is 10.8. The van der Waals surface area contributed by atoms with Gasteiger partial charge in [0.2, 0.25) is 5.95 Å². The van der Waals surface area contributed by atoms with Gasteiger partial charge < -0.3 is 16.2 Å². The zero-order chi connectivity index (χ0) is 12.4. The number of hydrogen-bond acceptors (Lipinski definition) is 5. The number of carboxylic acids is 1. The molecule has 6 heteroatoms. The van der Waals surface area contributed by atoms with Gasteiger partial charge in [0, 0.05) is 18.5 Å². The summed E-state index contributed by atoms with van der Waals surface area (Å²) in [5, 5.41) is 11.7. The highest BCUT2D eigenvalue weighted by Crippen LogP contribution is 2.38. The summed E-state index contributed by atoms with van der Waals surface area (Å²) < 4.78 is 0. The van der Waals surface area contributed by atoms with Crippen molar-refractivity contribution < 1.29 is 9.90 Å². The van der Waals surface area contributed by atoms with E-state index in [-0.39, 0.29) is 12.2 Å². The molecular formula is C11H16N4O2. The van der Waals surface area contributed by atoms with Crippen molar-refractivity contribution in [2.24, 2.45) is 0 Å². The van der Waals surface area contributed by atoms with Gasteiger partial charge in [-0.25, -0.2) is 4.98 Å². The minimum absolute atomic E-state index is 0.109. The van der Waals surface area contributed by atoms with Crippen LogP contribution in [-0.4, -0.2) is 28.1 Å². The number of aromatic nitrogens is 2. The zero-order valence-electron chi connectivity index (χ0n) is 9.73. The highest BCUT2D eigenvalue weighted by atomic mass is 16.4. The Morgan fingerprint density at radius 2 is 2.24 bits per heavy atom. The summed E-state index contributed by atoms with van der Waals surface area (Å²) in [6.45, 7) is 0. The SMILES string of the molecule is CNc1nc(N)c(CC(=O)O)c(C2CCC2)n1. The first kappa shape index (κ1) is 11.6. The minimum Gasteiger partial charge on any atom is -0.481 e. The molecule has 4 N–H and O–H groups in total. The lowest BCUT2D eigenvalue weighted by Gasteiger charge is -2.27. The van der Waals surface area contributed by atoms with E-state index in [1.807, 2.05) is 0 Å². The van der Waals surface area contributed by atoms with Crippen molar-refractivity contribution in [2.75, 3.05) is 18.1 Å². The lowest BCUT2D eigenvalue weighted by atomic mass is 9.80. The molecule has 1 fully saturated rings. The van der Waals surface area contributed by atoms with E-state index in [9.17, 15) is 4.79 Å². The second-order valence-electron chi connectivity index (χ2n) is 4.24. The number of nitrogens with zero attached hydrogens (tertiary/aromatic N) is 2. The van der Waals surface area contributed by atoms with E-state index >= 15 is 0 Å². The van der Waals surface area contributed by atoms with Gasteiger partial charge in [-0.3, -0.25) is 4.79 Å². The molecule has 1 heterocycles. The first-order chi connectivity index (χ1) is 8.11. The van der Waals surface area contributed by atoms with Gasteiger partial charge in [0.05, 0.1) is 12.1 Å². The molecule has 0 aromatic carbocycles. The van der Waals surface area contributed by atoms with Gasteiger partial charge in [-0.05, 0) is 12.8 Å². The Bertz CT molecular complexity index is 443. The van der Waals surface area contributed by atoms with Gasteiger partial charge in [-0.1, -0.05) is 6.42 Å². The summed E-state index contributed by atoms with van der Waals surface area (Å²) in [7, 11) is 1.72. The maximum Gasteiger partial charge on any atom is 0.308 e. The highest BCUT2D eigenvalue weighted by molar-refractivity contribution is 5.73. The van der Waals surface area contributed by atoms with E-state index in [0.717, 1.165) is 25.0 Å². The number of nitrogens with two attached hydrogens (primary N) is 1. The van der Waals surface area contributed by atoms with Crippen LogP contribution in [-0.2, 0) is 11.2 Å². The van der Waals surface area contributed by atoms with Crippen LogP contribution in [0.5, 0.6) is 0 Å². The molecule has 1 aliphatic rings. The zero-order valence-corrected chi connectivity index (χ0v) is 9.73. The fourth-order valence-corrected chi connectivity index (χ4v) is 1.98. The van der Waals surface area contributed by atoms with E-state index in [4.69, 9.17) is 10.8 Å². The number of carboxylic acid groups (broad SMARTS) is 1. The smallest absolute Gasteiger partial charge is 0.308 e. The molecule has 0 saturated heterocycles. The van der Waals surface area contributed by atoms with Crippen LogP contribution in [0.3, 0.4) is 0 Å². The Hall–Kier alpha value is -1.85. The molecule has 1 saturated carbocycles. The van der Waals surface area contributed by atoms with Crippen LogP contribution in [0.15, 0.2) is 0 Å². The van der Waals surface area contributed by atoms with E-state index in [1.54, 1.807) is 7.05 Å². The lowest BCUT2D eigenvalue weighted by Crippen LogP contribution is -2.19. The maximum atomic E-state index is 10.8. The number of aliphatic carboxylic acids is 1. The van der Waals surface area contributed by atoms with Crippen LogP contribution in [0.25, 0.3) is 0 Å². The molecule has 1 aromatic heterocycles. The van der Waals surface area contributed by atoms with E-state index in [1.165, 1.54) is 0 Å². The minimum atomic E-state index is -0.905. The van der Waals surface area contributed by atoms with Crippen molar-refractivity contribution in [1.29, 1.82) is 0 Å². The van der Waals surface area contributed by atoms with Gasteiger partial charge in [-0.2, -0.15) is 4.98 Å². The molecule has 6 nitrogen and oxygen atoms in total. The number of hydrogen-bond donors (Lipinski definition) is 3. The van der Waals surface area contributed by atoms with Crippen LogP contribution in [0.4, 0.5) is 11.8 Å². The van der Waals surface area contributed by atoms with E-state index in [0.29, 0.717) is 17.4 Å². The van der Waals surface area contributed by atoms with Crippen molar-refractivity contribution in [2.45, 2.75) is 31.6 Å². The van der Waals surface area contributed by atoms with Gasteiger partial charge in [0.1, 0.15) is 5.82 Å². The lowest BCUT2D eigenvalue weighted by molar-refractivity contribution is -0.136. The molecule has 0 spiro atoms. The normalized spacial score (nSPS) is 15.4. The third kappa shape index (κ3) is 2.30. The van der Waals surface area contributed by atoms with Crippen molar-refractivity contribution in [3.63, 3.8) is 0 Å². The predicted octanol–water partition coefficient (Wildman–Crippen LogP) is 0.995. The third-order valence-electron chi connectivity index (χ3n) is 3.11. The number of carbonyl (C=O) groups is 1. The second-order valence-corrected chi connectivity index (χ2v) is 4.24. The number of nitrogen functional groups attached to an aromatic ring is 1. The van der Waals surface area contributed by atoms with Gasteiger partial charge in [0.15, 0.2) is 0 Å². The van der Waals surface area contributed by atoms with Crippen LogP contribution in [0.2, 0.25) is 0 Å². The molecule has 0 atom stereocenters. The fourth-order valence-electron chi connectivity index (χ4n) is 1.98. The van der Waals surface area contributed by atoms with Gasteiger partial charge >= 0.3 is 5.97 Å². The topological polar surface area (TPSA) is 101 Å². The third-order valence-corrected chi connectivity index (χ3v) is 3.11. The molecule has 0 aliphatic heterocycles. The summed E-state index contributed by atoms with van der Waals surface area (Å²) in [5.41, 5.74) is 7.18. The molecule has 17 heavy (non-hydrogen) atoms. The summed E-state index contributed by atoms with van der Waals surface area (Å²) in [5.74, 6) is 0.159. The highest BCUT2D eigenvalue weighted by Gasteiger charge is 2.26. The largest absolute Gasteiger partial charge is 0.481 e. The quantitative estimate of drug-likeness (QED) is 0.720. The monoisotopic (exact) mass is 236 g/mol. The summed E-state index contributed by atoms with van der Waals surface area (Å²) in [6.07, 6.45) is 3.15. The Morgan fingerprint density at radius 3 is 2.71 bits per heavy atom. The van der Waals surface area contributed by atoms with Crippen molar-refractivity contribution in [3.8, 4) is 0 Å². The second kappa shape index (κ2) is 4.57. The standard InChI is InChI=1S/C11H16N4O2/c1-13-11-14-9(6-3-2-4-6)7(5-8(16)17)10(12)15-11/h6H,2-5H2,1H3,(H,16,17)(H3,12,13,14,15). The summed E-state index contributed by atoms with van der Waals surface area (Å²) in [4.78, 5) is 19.2. The molecule has 1 aromatic rings. The van der Waals surface area contributed by atoms with Crippen molar-refractivity contribution >= 4 is 17.7 Å². The van der Waals surface area contributed by atoms with Crippen molar-refractivity contribution in [3.05, 3.63) is 11.3 Å². The molecule has 0 amide bonds. The van der Waals surface area contributed by atoms with Gasteiger partial charge in [0.25, 0.3) is 0 Å². The van der Waals surface area contributed by atoms with Crippen LogP contribution in [0, 0.1) is 0 Å². The molecule has 2 rings (SSSR count). The first-order valence-electron chi connectivity index (χ1n) is 5.67. The van der Waals surface area contributed by atoms with Crippen LogP contribution < -0.4 is 11.1 Å². The Balaban J connectivity index is 2.42. The van der Waals surface area contributed by atoms with E-state index < -0.39 is 5.97 Å². The molecular weight excluding hydrogens is 220 g/mol. The average molecular weight is 236 g/mol. The van der Waals surface area contributed by atoms with Crippen molar-refractivity contribution in [1.82, 2.24) is 9.97 Å². The molecule has 1 aliphatic carbocycles. The number of rotatable bonds is 4. The van der Waals surface area contributed by atoms with Crippen LogP contribution in [0.1, 0.15) is 36.4 Å². The number of anilines is 2. The Morgan fingerprint density at radius 1 is 1.53 bits per heavy atom. The molecule has 0 bridgehead atoms. The molecule has 92 valence electrons. The summed E-state index contributed by atoms with van der Waals surface area (Å²) in [6, 6.07) is 0. The molecule has 0 unspecified atom stereocenters. The fraction of sp³-hybridized carbons (Fsp3) is 0.545.